The van der Waals surface area contributed by atoms with E-state index in [1.165, 1.54) is 28.8 Å². The van der Waals surface area contributed by atoms with Crippen LogP contribution >= 0.6 is 23.2 Å². The van der Waals surface area contributed by atoms with Crippen molar-refractivity contribution in [2.45, 2.75) is 33.1 Å². The summed E-state index contributed by atoms with van der Waals surface area (Å²) in [6, 6.07) is 6.80. The van der Waals surface area contributed by atoms with Gasteiger partial charge in [-0.1, -0.05) is 36.5 Å². The molecular weight excluding hydrogens is 430 g/mol. The third-order valence-electron chi connectivity index (χ3n) is 4.96. The second kappa shape index (κ2) is 9.06. The van der Waals surface area contributed by atoms with E-state index in [0.29, 0.717) is 28.2 Å². The lowest BCUT2D eigenvalue weighted by molar-refractivity contribution is -0.120. The van der Waals surface area contributed by atoms with Crippen LogP contribution in [0.4, 0.5) is 4.39 Å². The molecule has 0 saturated carbocycles. The fourth-order valence-corrected chi connectivity index (χ4v) is 3.66. The van der Waals surface area contributed by atoms with Crippen LogP contribution < -0.4 is 5.32 Å². The van der Waals surface area contributed by atoms with E-state index in [1.807, 2.05) is 6.92 Å². The maximum Gasteiger partial charge on any atom is 0.262 e. The lowest BCUT2D eigenvalue weighted by atomic mass is 10.1. The van der Waals surface area contributed by atoms with E-state index in [1.54, 1.807) is 6.92 Å². The van der Waals surface area contributed by atoms with Gasteiger partial charge in [-0.2, -0.15) is 0 Å². The zero-order chi connectivity index (χ0) is 22.0. The molecule has 0 aliphatic rings. The monoisotopic (exact) mass is 450 g/mol. The highest BCUT2D eigenvalue weighted by Gasteiger charge is 2.23. The number of phenolic OH excluding ortho intramolecular Hbond substituents is 1. The number of hydrogen-bond donors (Lipinski definition) is 2. The van der Waals surface area contributed by atoms with Crippen LogP contribution in [0.3, 0.4) is 0 Å². The average molecular weight is 451 g/mol. The fraction of sp³-hybridized carbons (Fsp3) is 0.273. The Kier molecular flexibility index (Phi) is 6.68. The van der Waals surface area contributed by atoms with Crippen LogP contribution in [0.1, 0.15) is 41.4 Å². The highest BCUT2D eigenvalue weighted by atomic mass is 35.5. The standard InChI is InChI=1S/C22H21Cl2FN2O3/c1-3-4-7-26-21(29)10-14-12(2)27(19-11-18(25)20(28)9-15(14)19)22(30)13-5-6-16(23)17(24)8-13/h5-6,8-9,11,28H,3-4,7,10H2,1-2H3,(H,26,29). The molecule has 30 heavy (non-hydrogen) atoms. The van der Waals surface area contributed by atoms with Gasteiger partial charge in [0.2, 0.25) is 5.91 Å². The summed E-state index contributed by atoms with van der Waals surface area (Å²) in [5.41, 5.74) is 1.55. The molecule has 0 aliphatic heterocycles. The predicted octanol–water partition coefficient (Wildman–Crippen LogP) is 5.25. The summed E-state index contributed by atoms with van der Waals surface area (Å²) in [5, 5.41) is 13.7. The van der Waals surface area contributed by atoms with E-state index in [0.717, 1.165) is 18.9 Å². The minimum absolute atomic E-state index is 0.00122. The molecule has 0 radical (unpaired) electrons. The van der Waals surface area contributed by atoms with Gasteiger partial charge in [-0.3, -0.25) is 14.2 Å². The van der Waals surface area contributed by atoms with Crippen molar-refractivity contribution in [3.63, 3.8) is 0 Å². The molecule has 1 amide bonds. The van der Waals surface area contributed by atoms with E-state index < -0.39 is 17.5 Å². The van der Waals surface area contributed by atoms with E-state index in [4.69, 9.17) is 23.2 Å². The zero-order valence-corrected chi connectivity index (χ0v) is 18.1. The Hall–Kier alpha value is -2.57. The number of halogens is 3. The molecule has 8 heteroatoms. The number of nitrogens with one attached hydrogen (secondary N) is 1. The fourth-order valence-electron chi connectivity index (χ4n) is 3.36. The second-order valence-corrected chi connectivity index (χ2v) is 7.85. The quantitative estimate of drug-likeness (QED) is 0.503. The predicted molar refractivity (Wildman–Crippen MR) is 116 cm³/mol. The summed E-state index contributed by atoms with van der Waals surface area (Å²) in [7, 11) is 0. The number of phenols is 1. The second-order valence-electron chi connectivity index (χ2n) is 7.03. The molecule has 1 heterocycles. The van der Waals surface area contributed by atoms with Crippen molar-refractivity contribution in [2.75, 3.05) is 6.54 Å². The summed E-state index contributed by atoms with van der Waals surface area (Å²) >= 11 is 12.0. The summed E-state index contributed by atoms with van der Waals surface area (Å²) in [5.74, 6) is -2.06. The summed E-state index contributed by atoms with van der Waals surface area (Å²) in [6.45, 7) is 4.25. The number of rotatable bonds is 6. The zero-order valence-electron chi connectivity index (χ0n) is 16.6. The van der Waals surface area contributed by atoms with E-state index >= 15 is 0 Å². The van der Waals surface area contributed by atoms with Gasteiger partial charge in [0.05, 0.1) is 22.0 Å². The molecule has 3 aromatic rings. The maximum absolute atomic E-state index is 14.1. The third-order valence-corrected chi connectivity index (χ3v) is 5.70. The number of fused-ring (bicyclic) bond motifs is 1. The largest absolute Gasteiger partial charge is 0.505 e. The smallest absolute Gasteiger partial charge is 0.262 e. The molecule has 5 nitrogen and oxygen atoms in total. The number of amides is 1. The van der Waals surface area contributed by atoms with Crippen LogP contribution in [0.2, 0.25) is 10.0 Å². The average Bonchev–Trinajstić information content (AvgIpc) is 2.95. The van der Waals surface area contributed by atoms with Crippen molar-refractivity contribution in [3.8, 4) is 5.75 Å². The highest BCUT2D eigenvalue weighted by molar-refractivity contribution is 6.42. The maximum atomic E-state index is 14.1. The van der Waals surface area contributed by atoms with Crippen LogP contribution in [0, 0.1) is 12.7 Å². The lowest BCUT2D eigenvalue weighted by Crippen LogP contribution is -2.26. The first-order chi connectivity index (χ1) is 14.2. The number of nitrogens with zero attached hydrogens (tertiary/aromatic N) is 1. The molecule has 3 rings (SSSR count). The Morgan fingerprint density at radius 1 is 1.17 bits per heavy atom. The van der Waals surface area contributed by atoms with Crippen molar-refractivity contribution in [2.24, 2.45) is 0 Å². The van der Waals surface area contributed by atoms with Gasteiger partial charge in [0, 0.05) is 29.3 Å². The number of benzene rings is 2. The minimum Gasteiger partial charge on any atom is -0.505 e. The Morgan fingerprint density at radius 3 is 2.57 bits per heavy atom. The van der Waals surface area contributed by atoms with Crippen molar-refractivity contribution in [1.82, 2.24) is 9.88 Å². The normalized spacial score (nSPS) is 11.1. The van der Waals surface area contributed by atoms with E-state index in [9.17, 15) is 19.1 Å². The first kappa shape index (κ1) is 22.1. The molecule has 0 spiro atoms. The van der Waals surface area contributed by atoms with Crippen molar-refractivity contribution < 1.29 is 19.1 Å². The van der Waals surface area contributed by atoms with Crippen LogP contribution in [-0.4, -0.2) is 28.0 Å². The molecule has 0 aliphatic carbocycles. The van der Waals surface area contributed by atoms with E-state index in [-0.39, 0.29) is 28.4 Å². The molecule has 0 bridgehead atoms. The molecule has 0 atom stereocenters. The van der Waals surface area contributed by atoms with Gasteiger partial charge in [0.1, 0.15) is 0 Å². The Balaban J connectivity index is 2.11. The number of carbonyl (C=O) groups is 2. The van der Waals surface area contributed by atoms with Gasteiger partial charge >= 0.3 is 0 Å². The SMILES string of the molecule is CCCCNC(=O)Cc1c(C)n(C(=O)c2ccc(Cl)c(Cl)c2)c2cc(F)c(O)cc12. The van der Waals surface area contributed by atoms with E-state index in [2.05, 4.69) is 5.32 Å². The number of aromatic hydroxyl groups is 1. The molecule has 1 aromatic heterocycles. The molecule has 0 saturated heterocycles. The number of aromatic nitrogens is 1. The van der Waals surface area contributed by atoms with Crippen molar-refractivity contribution in [3.05, 3.63) is 63.0 Å². The van der Waals surface area contributed by atoms with Gasteiger partial charge in [0.25, 0.3) is 5.91 Å². The van der Waals surface area contributed by atoms with Crippen LogP contribution in [0.5, 0.6) is 5.75 Å². The number of unbranched alkanes of at least 4 members (excludes halogenated alkanes) is 1. The Bertz CT molecular complexity index is 1140. The van der Waals surface area contributed by atoms with Gasteiger partial charge < -0.3 is 10.4 Å². The van der Waals surface area contributed by atoms with Crippen LogP contribution in [-0.2, 0) is 11.2 Å². The highest BCUT2D eigenvalue weighted by Crippen LogP contribution is 2.32. The summed E-state index contributed by atoms with van der Waals surface area (Å²) in [6.07, 6.45) is 1.80. The topological polar surface area (TPSA) is 71.3 Å². The van der Waals surface area contributed by atoms with Gasteiger partial charge in [0.15, 0.2) is 11.6 Å². The van der Waals surface area contributed by atoms with Crippen molar-refractivity contribution in [1.29, 1.82) is 0 Å². The first-order valence-electron chi connectivity index (χ1n) is 9.53. The van der Waals surface area contributed by atoms with Gasteiger partial charge in [-0.25, -0.2) is 4.39 Å². The number of carbonyl (C=O) groups excluding carboxylic acids is 2. The first-order valence-corrected chi connectivity index (χ1v) is 10.3. The molecule has 2 aromatic carbocycles. The summed E-state index contributed by atoms with van der Waals surface area (Å²) in [4.78, 5) is 25.6. The Labute approximate surface area is 183 Å². The molecule has 2 N–H and O–H groups in total. The Morgan fingerprint density at radius 2 is 1.90 bits per heavy atom. The minimum atomic E-state index is -0.859. The molecule has 0 unspecified atom stereocenters. The lowest BCUT2D eigenvalue weighted by Gasteiger charge is -2.09. The molecule has 158 valence electrons. The number of hydrogen-bond acceptors (Lipinski definition) is 3. The van der Waals surface area contributed by atoms with Crippen LogP contribution in [0.15, 0.2) is 30.3 Å². The summed E-state index contributed by atoms with van der Waals surface area (Å²) < 4.78 is 15.5. The van der Waals surface area contributed by atoms with Gasteiger partial charge in [-0.05, 0) is 43.2 Å². The molecular formula is C22H21Cl2FN2O3. The van der Waals surface area contributed by atoms with Crippen LogP contribution in [0.25, 0.3) is 10.9 Å². The van der Waals surface area contributed by atoms with Gasteiger partial charge in [-0.15, -0.1) is 0 Å². The van der Waals surface area contributed by atoms with Crippen molar-refractivity contribution >= 4 is 45.9 Å². The molecule has 0 fully saturated rings. The third kappa shape index (κ3) is 4.30.